The zero-order valence-corrected chi connectivity index (χ0v) is 40.6. The third-order valence-corrected chi connectivity index (χ3v) is 12.2. The second-order valence-corrected chi connectivity index (χ2v) is 18.8. The van der Waals surface area contributed by atoms with Crippen LogP contribution >= 0.6 is 7.82 Å². The van der Waals surface area contributed by atoms with Gasteiger partial charge < -0.3 is 25.2 Å². The number of allylic oxidation sites excluding steroid dienone is 4. The molecule has 3 atom stereocenters. The molecular formula is C50H94NO10P. The molecular weight excluding hydrogens is 806 g/mol. The van der Waals surface area contributed by atoms with Gasteiger partial charge in [0, 0.05) is 12.8 Å². The molecule has 0 aliphatic rings. The van der Waals surface area contributed by atoms with Crippen LogP contribution in [0.4, 0.5) is 0 Å². The van der Waals surface area contributed by atoms with E-state index in [9.17, 15) is 23.8 Å². The molecule has 0 aromatic heterocycles. The molecule has 4 N–H and O–H groups in total. The van der Waals surface area contributed by atoms with Gasteiger partial charge in [0.05, 0.1) is 13.2 Å². The highest BCUT2D eigenvalue weighted by molar-refractivity contribution is 7.47. The van der Waals surface area contributed by atoms with Crippen molar-refractivity contribution in [3.05, 3.63) is 24.3 Å². The first kappa shape index (κ1) is 60.0. The molecule has 0 spiro atoms. The Morgan fingerprint density at radius 1 is 0.500 bits per heavy atom. The van der Waals surface area contributed by atoms with Crippen LogP contribution in [0.2, 0.25) is 0 Å². The number of carbonyl (C=O) groups excluding carboxylic acids is 2. The number of hydrogen-bond donors (Lipinski definition) is 3. The monoisotopic (exact) mass is 900 g/mol. The number of phosphoric acid groups is 1. The number of nitrogens with two attached hydrogens (primary N) is 1. The van der Waals surface area contributed by atoms with E-state index in [0.717, 1.165) is 57.8 Å². The van der Waals surface area contributed by atoms with E-state index >= 15 is 0 Å². The Balaban J connectivity index is 4.21. The van der Waals surface area contributed by atoms with Crippen molar-refractivity contribution >= 4 is 25.7 Å². The summed E-state index contributed by atoms with van der Waals surface area (Å²) in [6, 6.07) is -1.52. The van der Waals surface area contributed by atoms with Crippen LogP contribution in [-0.2, 0) is 37.5 Å². The lowest BCUT2D eigenvalue weighted by Gasteiger charge is -2.20. The first-order chi connectivity index (χ1) is 30.1. The SMILES string of the molecule is CCCCCC/C=C/C=C/CCCCCCCC(=O)OC[C@@H](COP(=O)(O)OC[C@H](N)C(=O)O)OC(=O)CCCCCCCCCCCCCCCCCCCCCCCCC. The number of unbranched alkanes of at least 4 members (excludes halogenated alkanes) is 31. The number of ether oxygens (including phenoxy) is 2. The van der Waals surface area contributed by atoms with Gasteiger partial charge >= 0.3 is 25.7 Å². The Bertz CT molecular complexity index is 1150. The summed E-state index contributed by atoms with van der Waals surface area (Å²) in [4.78, 5) is 46.1. The predicted octanol–water partition coefficient (Wildman–Crippen LogP) is 14.2. The van der Waals surface area contributed by atoms with Gasteiger partial charge in [-0.3, -0.25) is 23.4 Å². The fourth-order valence-electron chi connectivity index (χ4n) is 7.23. The predicted molar refractivity (Wildman–Crippen MR) is 254 cm³/mol. The fraction of sp³-hybridized carbons (Fsp3) is 0.860. The molecule has 364 valence electrons. The molecule has 12 heteroatoms. The van der Waals surface area contributed by atoms with E-state index in [4.69, 9.17) is 24.8 Å². The molecule has 0 bridgehead atoms. The Kier molecular flexibility index (Phi) is 44.0. The van der Waals surface area contributed by atoms with E-state index < -0.39 is 51.1 Å². The number of hydrogen-bond acceptors (Lipinski definition) is 9. The molecule has 0 fully saturated rings. The second-order valence-electron chi connectivity index (χ2n) is 17.3. The maximum absolute atomic E-state index is 12.7. The molecule has 0 aliphatic carbocycles. The maximum atomic E-state index is 12.7. The van der Waals surface area contributed by atoms with Crippen LogP contribution in [0.15, 0.2) is 24.3 Å². The third-order valence-electron chi connectivity index (χ3n) is 11.2. The number of phosphoric ester groups is 1. The minimum atomic E-state index is -4.72. The van der Waals surface area contributed by atoms with Crippen molar-refractivity contribution in [1.29, 1.82) is 0 Å². The van der Waals surface area contributed by atoms with Crippen molar-refractivity contribution < 1.29 is 47.5 Å². The highest BCUT2D eigenvalue weighted by Crippen LogP contribution is 2.43. The van der Waals surface area contributed by atoms with Crippen LogP contribution in [0.1, 0.15) is 245 Å². The smallest absolute Gasteiger partial charge is 0.472 e. The number of esters is 2. The lowest BCUT2D eigenvalue weighted by Crippen LogP contribution is -2.34. The summed E-state index contributed by atoms with van der Waals surface area (Å²) in [5, 5.41) is 8.91. The molecule has 0 radical (unpaired) electrons. The molecule has 0 saturated heterocycles. The zero-order valence-electron chi connectivity index (χ0n) is 39.7. The molecule has 0 heterocycles. The van der Waals surface area contributed by atoms with Crippen LogP contribution in [-0.4, -0.2) is 59.9 Å². The van der Waals surface area contributed by atoms with Gasteiger partial charge in [-0.25, -0.2) is 4.57 Å². The minimum absolute atomic E-state index is 0.163. The zero-order chi connectivity index (χ0) is 45.6. The van der Waals surface area contributed by atoms with Crippen molar-refractivity contribution in [2.24, 2.45) is 5.73 Å². The average Bonchev–Trinajstić information content (AvgIpc) is 3.25. The summed E-state index contributed by atoms with van der Waals surface area (Å²) >= 11 is 0. The molecule has 0 rings (SSSR count). The summed E-state index contributed by atoms with van der Waals surface area (Å²) in [7, 11) is -4.72. The Morgan fingerprint density at radius 3 is 1.24 bits per heavy atom. The van der Waals surface area contributed by atoms with Crippen molar-refractivity contribution in [2.75, 3.05) is 19.8 Å². The lowest BCUT2D eigenvalue weighted by molar-refractivity contribution is -0.161. The molecule has 0 saturated carbocycles. The normalized spacial score (nSPS) is 13.7. The number of carbonyl (C=O) groups is 3. The second kappa shape index (κ2) is 45.5. The van der Waals surface area contributed by atoms with Gasteiger partial charge in [0.2, 0.25) is 0 Å². The number of carboxylic acid groups (broad SMARTS) is 1. The number of rotatable bonds is 48. The van der Waals surface area contributed by atoms with Gasteiger partial charge in [-0.15, -0.1) is 0 Å². The van der Waals surface area contributed by atoms with Crippen LogP contribution < -0.4 is 5.73 Å². The van der Waals surface area contributed by atoms with Gasteiger partial charge in [-0.1, -0.05) is 218 Å². The maximum Gasteiger partial charge on any atom is 0.472 e. The van der Waals surface area contributed by atoms with E-state index in [1.54, 1.807) is 0 Å². The van der Waals surface area contributed by atoms with Gasteiger partial charge in [0.15, 0.2) is 6.10 Å². The van der Waals surface area contributed by atoms with Gasteiger partial charge in [-0.2, -0.15) is 0 Å². The lowest BCUT2D eigenvalue weighted by atomic mass is 10.0. The van der Waals surface area contributed by atoms with Crippen LogP contribution in [0.5, 0.6) is 0 Å². The third kappa shape index (κ3) is 44.6. The Morgan fingerprint density at radius 2 is 0.839 bits per heavy atom. The Labute approximate surface area is 379 Å². The van der Waals surface area contributed by atoms with Crippen molar-refractivity contribution in [3.63, 3.8) is 0 Å². The minimum Gasteiger partial charge on any atom is -0.480 e. The van der Waals surface area contributed by atoms with Crippen molar-refractivity contribution in [1.82, 2.24) is 0 Å². The molecule has 0 aromatic rings. The van der Waals surface area contributed by atoms with Crippen LogP contribution in [0.3, 0.4) is 0 Å². The van der Waals surface area contributed by atoms with Gasteiger partial charge in [-0.05, 0) is 38.5 Å². The topological polar surface area (TPSA) is 172 Å². The van der Waals surface area contributed by atoms with Gasteiger partial charge in [0.1, 0.15) is 12.6 Å². The first-order valence-electron chi connectivity index (χ1n) is 25.4. The quantitative estimate of drug-likeness (QED) is 0.0230. The highest BCUT2D eigenvalue weighted by atomic mass is 31.2. The molecule has 1 unspecified atom stereocenters. The summed E-state index contributed by atoms with van der Waals surface area (Å²) in [5.74, 6) is -2.38. The largest absolute Gasteiger partial charge is 0.480 e. The Hall–Kier alpha value is -2.04. The van der Waals surface area contributed by atoms with Crippen molar-refractivity contribution in [2.45, 2.75) is 257 Å². The molecule has 62 heavy (non-hydrogen) atoms. The summed E-state index contributed by atoms with van der Waals surface area (Å²) in [5.41, 5.74) is 5.35. The van der Waals surface area contributed by atoms with Crippen molar-refractivity contribution in [3.8, 4) is 0 Å². The average molecular weight is 900 g/mol. The number of carboxylic acids is 1. The summed E-state index contributed by atoms with van der Waals surface area (Å²) < 4.78 is 32.8. The molecule has 0 aromatic carbocycles. The molecule has 11 nitrogen and oxygen atoms in total. The summed E-state index contributed by atoms with van der Waals surface area (Å²) in [6.45, 7) is 2.81. The van der Waals surface area contributed by atoms with Crippen LogP contribution in [0.25, 0.3) is 0 Å². The number of aliphatic carboxylic acids is 1. The van der Waals surface area contributed by atoms with Crippen LogP contribution in [0, 0.1) is 0 Å². The van der Waals surface area contributed by atoms with E-state index in [0.29, 0.717) is 12.8 Å². The fourth-order valence-corrected chi connectivity index (χ4v) is 8.01. The molecule has 0 aliphatic heterocycles. The van der Waals surface area contributed by atoms with E-state index in [1.807, 2.05) is 0 Å². The first-order valence-corrected chi connectivity index (χ1v) is 26.9. The van der Waals surface area contributed by atoms with Gasteiger partial charge in [0.25, 0.3) is 0 Å². The summed E-state index contributed by atoms with van der Waals surface area (Å²) in [6.07, 6.45) is 49.6. The highest BCUT2D eigenvalue weighted by Gasteiger charge is 2.28. The van der Waals surface area contributed by atoms with E-state index in [2.05, 4.69) is 42.7 Å². The standard InChI is InChI=1S/C50H94NO10P/c1-3-5-7-9-11-13-15-17-19-20-21-22-23-24-25-26-28-30-32-34-36-38-40-42-49(53)61-46(44-59-62(56,57)60-45-47(51)50(54)55)43-58-48(52)41-39-37-35-33-31-29-27-18-16-14-12-10-8-6-4-2/h14,16,18,27,46-47H,3-13,15,17,19-26,28-45,51H2,1-2H3,(H,54,55)(H,56,57)/b16-14+,27-18+/t46-,47-/m0/s1. The molecule has 0 amide bonds. The van der Waals surface area contributed by atoms with E-state index in [1.165, 1.54) is 148 Å². The van der Waals surface area contributed by atoms with E-state index in [-0.39, 0.29) is 19.4 Å².